The molecule has 3 heteroatoms. The maximum Gasteiger partial charge on any atom is 0.125 e. The second-order valence-electron chi connectivity index (χ2n) is 3.75. The van der Waals surface area contributed by atoms with Crippen LogP contribution in [0.4, 0.5) is 0 Å². The molecule has 2 rings (SSSR count). The number of hydrogen-bond donors (Lipinski definition) is 1. The average Bonchev–Trinajstić information content (AvgIpc) is 2.71. The third-order valence-electron chi connectivity index (χ3n) is 2.75. The van der Waals surface area contributed by atoms with Gasteiger partial charge in [0.05, 0.1) is 7.11 Å². The summed E-state index contributed by atoms with van der Waals surface area (Å²) >= 11 is 0. The molecular weight excluding hydrogens is 176 g/mol. The van der Waals surface area contributed by atoms with Gasteiger partial charge in [-0.05, 0) is 37.9 Å². The van der Waals surface area contributed by atoms with Crippen molar-refractivity contribution in [3.05, 3.63) is 24.0 Å². The number of nitrogens with zero attached hydrogens (tertiary/aromatic N) is 1. The zero-order chi connectivity index (χ0) is 9.80. The van der Waals surface area contributed by atoms with Gasteiger partial charge in [-0.1, -0.05) is 0 Å². The highest BCUT2D eigenvalue weighted by molar-refractivity contribution is 5.30. The summed E-state index contributed by atoms with van der Waals surface area (Å²) in [6.07, 6.45) is 6.02. The molecule has 0 radical (unpaired) electrons. The maximum atomic E-state index is 5.30. The van der Waals surface area contributed by atoms with Crippen molar-refractivity contribution in [2.75, 3.05) is 20.2 Å². The summed E-state index contributed by atoms with van der Waals surface area (Å²) < 4.78 is 5.30. The average molecular weight is 192 g/mol. The molecule has 1 saturated heterocycles. The van der Waals surface area contributed by atoms with Gasteiger partial charge >= 0.3 is 0 Å². The van der Waals surface area contributed by atoms with Crippen LogP contribution in [0.25, 0.3) is 0 Å². The van der Waals surface area contributed by atoms with E-state index in [9.17, 15) is 0 Å². The van der Waals surface area contributed by atoms with E-state index in [2.05, 4.69) is 10.3 Å². The molecule has 2 heterocycles. The zero-order valence-corrected chi connectivity index (χ0v) is 8.49. The van der Waals surface area contributed by atoms with E-state index in [4.69, 9.17) is 4.74 Å². The zero-order valence-electron chi connectivity index (χ0n) is 8.49. The van der Waals surface area contributed by atoms with E-state index >= 15 is 0 Å². The number of methoxy groups -OCH3 is 1. The van der Waals surface area contributed by atoms with Crippen LogP contribution in [0.15, 0.2) is 18.5 Å². The molecule has 14 heavy (non-hydrogen) atoms. The monoisotopic (exact) mass is 192 g/mol. The van der Waals surface area contributed by atoms with Crippen molar-refractivity contribution < 1.29 is 4.74 Å². The second-order valence-corrected chi connectivity index (χ2v) is 3.75. The Balaban J connectivity index is 2.07. The molecule has 1 aliphatic rings. The molecule has 0 amide bonds. The SMILES string of the molecule is COc1ccncc1CC1CCNC1. The van der Waals surface area contributed by atoms with Crippen LogP contribution in [0.2, 0.25) is 0 Å². The van der Waals surface area contributed by atoms with Crippen molar-refractivity contribution in [1.82, 2.24) is 10.3 Å². The lowest BCUT2D eigenvalue weighted by molar-refractivity contribution is 0.404. The summed E-state index contributed by atoms with van der Waals surface area (Å²) in [7, 11) is 1.71. The van der Waals surface area contributed by atoms with Crippen LogP contribution in [0.5, 0.6) is 5.75 Å². The first-order valence-electron chi connectivity index (χ1n) is 5.07. The second kappa shape index (κ2) is 4.42. The van der Waals surface area contributed by atoms with Gasteiger partial charge < -0.3 is 10.1 Å². The molecule has 0 aliphatic carbocycles. The van der Waals surface area contributed by atoms with Crippen molar-refractivity contribution in [1.29, 1.82) is 0 Å². The van der Waals surface area contributed by atoms with Gasteiger partial charge in [0.1, 0.15) is 5.75 Å². The van der Waals surface area contributed by atoms with Gasteiger partial charge in [-0.15, -0.1) is 0 Å². The quantitative estimate of drug-likeness (QED) is 0.782. The largest absolute Gasteiger partial charge is 0.496 e. The van der Waals surface area contributed by atoms with Crippen LogP contribution in [0.3, 0.4) is 0 Å². The van der Waals surface area contributed by atoms with Gasteiger partial charge in [0.25, 0.3) is 0 Å². The Morgan fingerprint density at radius 2 is 2.57 bits per heavy atom. The van der Waals surface area contributed by atoms with Crippen molar-refractivity contribution >= 4 is 0 Å². The van der Waals surface area contributed by atoms with Gasteiger partial charge in [0.15, 0.2) is 0 Å². The highest BCUT2D eigenvalue weighted by Crippen LogP contribution is 2.22. The Hall–Kier alpha value is -1.09. The summed E-state index contributed by atoms with van der Waals surface area (Å²) in [6, 6.07) is 1.93. The molecule has 1 fully saturated rings. The predicted molar refractivity (Wildman–Crippen MR) is 55.5 cm³/mol. The first-order valence-corrected chi connectivity index (χ1v) is 5.07. The Morgan fingerprint density at radius 1 is 1.64 bits per heavy atom. The lowest BCUT2D eigenvalue weighted by Gasteiger charge is -2.11. The van der Waals surface area contributed by atoms with E-state index in [0.29, 0.717) is 0 Å². The smallest absolute Gasteiger partial charge is 0.125 e. The van der Waals surface area contributed by atoms with Gasteiger partial charge in [0, 0.05) is 18.0 Å². The van der Waals surface area contributed by atoms with E-state index in [1.54, 1.807) is 13.3 Å². The van der Waals surface area contributed by atoms with Crippen molar-refractivity contribution in [3.8, 4) is 5.75 Å². The van der Waals surface area contributed by atoms with Crippen LogP contribution < -0.4 is 10.1 Å². The fraction of sp³-hybridized carbons (Fsp3) is 0.545. The van der Waals surface area contributed by atoms with Crippen LogP contribution in [0, 0.1) is 5.92 Å². The van der Waals surface area contributed by atoms with Gasteiger partial charge in [-0.3, -0.25) is 4.98 Å². The minimum atomic E-state index is 0.744. The Labute approximate surface area is 84.5 Å². The number of nitrogens with one attached hydrogen (secondary N) is 1. The molecule has 0 bridgehead atoms. The van der Waals surface area contributed by atoms with Crippen LogP contribution in [-0.4, -0.2) is 25.2 Å². The topological polar surface area (TPSA) is 34.1 Å². The summed E-state index contributed by atoms with van der Waals surface area (Å²) in [4.78, 5) is 4.13. The Morgan fingerprint density at radius 3 is 3.29 bits per heavy atom. The summed E-state index contributed by atoms with van der Waals surface area (Å²) in [5.74, 6) is 1.71. The standard InChI is InChI=1S/C11H16N2O/c1-14-11-3-5-13-8-10(11)6-9-2-4-12-7-9/h3,5,8-9,12H,2,4,6-7H2,1H3. The molecule has 1 unspecified atom stereocenters. The molecule has 1 aliphatic heterocycles. The van der Waals surface area contributed by atoms with Crippen molar-refractivity contribution in [2.24, 2.45) is 5.92 Å². The minimum Gasteiger partial charge on any atom is -0.496 e. The summed E-state index contributed by atoms with van der Waals surface area (Å²) in [5, 5.41) is 3.37. The molecule has 1 atom stereocenters. The first-order chi connectivity index (χ1) is 6.90. The third kappa shape index (κ3) is 2.04. The Kier molecular flexibility index (Phi) is 2.99. The van der Waals surface area contributed by atoms with Crippen LogP contribution >= 0.6 is 0 Å². The first kappa shape index (κ1) is 9.46. The number of rotatable bonds is 3. The van der Waals surface area contributed by atoms with Crippen molar-refractivity contribution in [3.63, 3.8) is 0 Å². The van der Waals surface area contributed by atoms with Crippen molar-refractivity contribution in [2.45, 2.75) is 12.8 Å². The number of hydrogen-bond acceptors (Lipinski definition) is 3. The molecule has 0 spiro atoms. The molecule has 1 aromatic rings. The molecule has 0 saturated carbocycles. The molecule has 1 aromatic heterocycles. The molecule has 3 nitrogen and oxygen atoms in total. The van der Waals surface area contributed by atoms with Crippen LogP contribution in [0.1, 0.15) is 12.0 Å². The number of pyridine rings is 1. The van der Waals surface area contributed by atoms with E-state index < -0.39 is 0 Å². The molecular formula is C11H16N2O. The summed E-state index contributed by atoms with van der Waals surface area (Å²) in [5.41, 5.74) is 1.23. The fourth-order valence-corrected chi connectivity index (χ4v) is 1.97. The van der Waals surface area contributed by atoms with E-state index in [0.717, 1.165) is 31.2 Å². The van der Waals surface area contributed by atoms with E-state index in [1.165, 1.54) is 12.0 Å². The van der Waals surface area contributed by atoms with E-state index in [1.807, 2.05) is 12.3 Å². The highest BCUT2D eigenvalue weighted by Gasteiger charge is 2.16. The fourth-order valence-electron chi connectivity index (χ4n) is 1.97. The predicted octanol–water partition coefficient (Wildman–Crippen LogP) is 1.24. The Bertz CT molecular complexity index is 295. The van der Waals surface area contributed by atoms with Gasteiger partial charge in [0.2, 0.25) is 0 Å². The normalized spacial score (nSPS) is 21.1. The lowest BCUT2D eigenvalue weighted by Crippen LogP contribution is -2.11. The van der Waals surface area contributed by atoms with Crippen LogP contribution in [-0.2, 0) is 6.42 Å². The number of ether oxygens (including phenoxy) is 1. The van der Waals surface area contributed by atoms with E-state index in [-0.39, 0.29) is 0 Å². The minimum absolute atomic E-state index is 0.744. The summed E-state index contributed by atoms with van der Waals surface area (Å²) in [6.45, 7) is 2.27. The van der Waals surface area contributed by atoms with Gasteiger partial charge in [-0.25, -0.2) is 0 Å². The molecule has 76 valence electrons. The lowest BCUT2D eigenvalue weighted by atomic mass is 9.99. The number of aromatic nitrogens is 1. The van der Waals surface area contributed by atoms with Gasteiger partial charge in [-0.2, -0.15) is 0 Å². The third-order valence-corrected chi connectivity index (χ3v) is 2.75. The highest BCUT2D eigenvalue weighted by atomic mass is 16.5. The molecule has 1 N–H and O–H groups in total. The maximum absolute atomic E-state index is 5.30. The molecule has 0 aromatic carbocycles.